The van der Waals surface area contributed by atoms with E-state index in [0.717, 1.165) is 37.6 Å². The van der Waals surface area contributed by atoms with Crippen LogP contribution in [0.2, 0.25) is 0 Å². The first-order valence-corrected chi connectivity index (χ1v) is 10.3. The number of rotatable bonds is 3. The molecule has 1 aromatic rings. The monoisotopic (exact) mass is 336 g/mol. The van der Waals surface area contributed by atoms with Crippen LogP contribution in [0.15, 0.2) is 24.3 Å². The van der Waals surface area contributed by atoms with Crippen molar-refractivity contribution in [2.75, 3.05) is 36.9 Å². The van der Waals surface area contributed by atoms with Crippen LogP contribution < -0.4 is 5.32 Å². The summed E-state index contributed by atoms with van der Waals surface area (Å²) >= 11 is 3.75. The number of aryl methyl sites for hydroxylation is 1. The zero-order valence-corrected chi connectivity index (χ0v) is 14.7. The second-order valence-electron chi connectivity index (χ2n) is 5.78. The first-order valence-electron chi connectivity index (χ1n) is 8.09. The molecule has 120 valence electrons. The average Bonchev–Trinajstić information content (AvgIpc) is 2.62. The maximum atomic E-state index is 12.9. The fourth-order valence-corrected chi connectivity index (χ4v) is 5.67. The molecule has 0 spiro atoms. The summed E-state index contributed by atoms with van der Waals surface area (Å²) in [5.74, 6) is 3.58. The molecule has 22 heavy (non-hydrogen) atoms. The SMILES string of the molecule is CCc1ccc(C2CNCCN2C(=O)C2CSCCS2)cc1. The highest BCUT2D eigenvalue weighted by atomic mass is 32.2. The Bertz CT molecular complexity index is 500. The van der Waals surface area contributed by atoms with Crippen LogP contribution in [0.5, 0.6) is 0 Å². The molecule has 1 aromatic carbocycles. The molecule has 1 amide bonds. The van der Waals surface area contributed by atoms with Gasteiger partial charge in [-0.15, -0.1) is 11.8 Å². The molecule has 0 radical (unpaired) electrons. The summed E-state index contributed by atoms with van der Waals surface area (Å²) in [6.45, 7) is 4.76. The van der Waals surface area contributed by atoms with Crippen molar-refractivity contribution in [3.63, 3.8) is 0 Å². The van der Waals surface area contributed by atoms with Crippen molar-refractivity contribution >= 4 is 29.4 Å². The summed E-state index contributed by atoms with van der Waals surface area (Å²) < 4.78 is 0. The molecule has 2 unspecified atom stereocenters. The van der Waals surface area contributed by atoms with Gasteiger partial charge in [-0.2, -0.15) is 11.8 Å². The minimum Gasteiger partial charge on any atom is -0.332 e. The fourth-order valence-electron chi connectivity index (χ4n) is 3.06. The van der Waals surface area contributed by atoms with Gasteiger partial charge in [-0.3, -0.25) is 4.79 Å². The Morgan fingerprint density at radius 3 is 2.82 bits per heavy atom. The Kier molecular flexibility index (Phi) is 5.71. The van der Waals surface area contributed by atoms with Gasteiger partial charge in [0.2, 0.25) is 5.91 Å². The zero-order valence-electron chi connectivity index (χ0n) is 13.1. The van der Waals surface area contributed by atoms with E-state index in [1.807, 2.05) is 23.5 Å². The van der Waals surface area contributed by atoms with Crippen LogP contribution in [-0.4, -0.2) is 52.9 Å². The van der Waals surface area contributed by atoms with Gasteiger partial charge in [0, 0.05) is 36.9 Å². The van der Waals surface area contributed by atoms with Gasteiger partial charge >= 0.3 is 0 Å². The number of hydrogen-bond donors (Lipinski definition) is 1. The Morgan fingerprint density at radius 2 is 2.14 bits per heavy atom. The molecule has 2 heterocycles. The number of carbonyl (C=O) groups excluding carboxylic acids is 1. The zero-order chi connectivity index (χ0) is 15.4. The normalized spacial score (nSPS) is 26.0. The molecule has 2 fully saturated rings. The Labute approximate surface area is 141 Å². The topological polar surface area (TPSA) is 32.3 Å². The lowest BCUT2D eigenvalue weighted by atomic mass is 10.0. The highest BCUT2D eigenvalue weighted by Crippen LogP contribution is 2.30. The maximum Gasteiger partial charge on any atom is 0.237 e. The van der Waals surface area contributed by atoms with Crippen molar-refractivity contribution in [2.24, 2.45) is 0 Å². The molecule has 0 aliphatic carbocycles. The van der Waals surface area contributed by atoms with Crippen molar-refractivity contribution < 1.29 is 4.79 Å². The molecule has 2 atom stereocenters. The fraction of sp³-hybridized carbons (Fsp3) is 0.588. The van der Waals surface area contributed by atoms with Crippen LogP contribution in [0.25, 0.3) is 0 Å². The Balaban J connectivity index is 1.76. The number of nitrogens with one attached hydrogen (secondary N) is 1. The molecule has 0 aromatic heterocycles. The summed E-state index contributed by atoms with van der Waals surface area (Å²) in [6.07, 6.45) is 1.06. The summed E-state index contributed by atoms with van der Waals surface area (Å²) in [5, 5.41) is 3.59. The van der Waals surface area contributed by atoms with Gasteiger partial charge in [-0.1, -0.05) is 31.2 Å². The number of piperazine rings is 1. The molecule has 2 saturated heterocycles. The van der Waals surface area contributed by atoms with Gasteiger partial charge in [0.1, 0.15) is 0 Å². The highest BCUT2D eigenvalue weighted by Gasteiger charge is 2.33. The van der Waals surface area contributed by atoms with Crippen LogP contribution >= 0.6 is 23.5 Å². The van der Waals surface area contributed by atoms with E-state index in [0.29, 0.717) is 5.91 Å². The molecule has 2 aliphatic heterocycles. The number of thioether (sulfide) groups is 2. The highest BCUT2D eigenvalue weighted by molar-refractivity contribution is 8.07. The van der Waals surface area contributed by atoms with Crippen molar-refractivity contribution in [3.8, 4) is 0 Å². The van der Waals surface area contributed by atoms with Gasteiger partial charge in [0.15, 0.2) is 0 Å². The molecular formula is C17H24N2OS2. The second-order valence-corrected chi connectivity index (χ2v) is 8.24. The van der Waals surface area contributed by atoms with Crippen molar-refractivity contribution in [1.82, 2.24) is 10.2 Å². The van der Waals surface area contributed by atoms with E-state index >= 15 is 0 Å². The van der Waals surface area contributed by atoms with Gasteiger partial charge in [0.25, 0.3) is 0 Å². The third-order valence-electron chi connectivity index (χ3n) is 4.39. The average molecular weight is 337 g/mol. The number of amides is 1. The Morgan fingerprint density at radius 1 is 1.32 bits per heavy atom. The first-order chi connectivity index (χ1) is 10.8. The molecule has 1 N–H and O–H groups in total. The third kappa shape index (κ3) is 3.63. The molecule has 5 heteroatoms. The lowest BCUT2D eigenvalue weighted by molar-refractivity contribution is -0.133. The summed E-state index contributed by atoms with van der Waals surface area (Å²) in [5.41, 5.74) is 2.61. The van der Waals surface area contributed by atoms with E-state index in [4.69, 9.17) is 0 Å². The number of benzene rings is 1. The largest absolute Gasteiger partial charge is 0.332 e. The van der Waals surface area contributed by atoms with Gasteiger partial charge in [-0.05, 0) is 17.5 Å². The van der Waals surface area contributed by atoms with Crippen LogP contribution in [-0.2, 0) is 11.2 Å². The van der Waals surface area contributed by atoms with Crippen LogP contribution in [0.4, 0.5) is 0 Å². The molecule has 2 aliphatic rings. The molecular weight excluding hydrogens is 312 g/mol. The molecule has 0 bridgehead atoms. The number of hydrogen-bond acceptors (Lipinski definition) is 4. The van der Waals surface area contributed by atoms with E-state index in [1.165, 1.54) is 16.9 Å². The molecule has 3 nitrogen and oxygen atoms in total. The second kappa shape index (κ2) is 7.75. The number of nitrogens with zero attached hydrogens (tertiary/aromatic N) is 1. The molecule has 3 rings (SSSR count). The minimum atomic E-state index is 0.147. The van der Waals surface area contributed by atoms with E-state index in [9.17, 15) is 4.79 Å². The van der Waals surface area contributed by atoms with Crippen LogP contribution in [0.3, 0.4) is 0 Å². The summed E-state index contributed by atoms with van der Waals surface area (Å²) in [6, 6.07) is 8.95. The van der Waals surface area contributed by atoms with Gasteiger partial charge < -0.3 is 10.2 Å². The van der Waals surface area contributed by atoms with Crippen molar-refractivity contribution in [3.05, 3.63) is 35.4 Å². The van der Waals surface area contributed by atoms with Crippen molar-refractivity contribution in [1.29, 1.82) is 0 Å². The number of carbonyl (C=O) groups is 1. The standard InChI is InChI=1S/C17H24N2OS2/c1-2-13-3-5-14(6-4-13)15-11-18-7-8-19(15)17(20)16-12-21-9-10-22-16/h3-6,15-16,18H,2,7-12H2,1H3. The third-order valence-corrected chi connectivity index (χ3v) is 7.13. The van der Waals surface area contributed by atoms with Crippen molar-refractivity contribution in [2.45, 2.75) is 24.6 Å². The predicted molar refractivity (Wildman–Crippen MR) is 96.7 cm³/mol. The van der Waals surface area contributed by atoms with Crippen LogP contribution in [0, 0.1) is 0 Å². The summed E-state index contributed by atoms with van der Waals surface area (Å²) in [4.78, 5) is 15.0. The maximum absolute atomic E-state index is 12.9. The van der Waals surface area contributed by atoms with E-state index in [2.05, 4.69) is 41.4 Å². The van der Waals surface area contributed by atoms with E-state index in [-0.39, 0.29) is 11.3 Å². The quantitative estimate of drug-likeness (QED) is 0.919. The van der Waals surface area contributed by atoms with Gasteiger partial charge in [0.05, 0.1) is 11.3 Å². The lowest BCUT2D eigenvalue weighted by Gasteiger charge is -2.39. The van der Waals surface area contributed by atoms with Crippen LogP contribution in [0.1, 0.15) is 24.1 Å². The predicted octanol–water partition coefficient (Wildman–Crippen LogP) is 2.57. The smallest absolute Gasteiger partial charge is 0.237 e. The lowest BCUT2D eigenvalue weighted by Crippen LogP contribution is -2.51. The van der Waals surface area contributed by atoms with E-state index < -0.39 is 0 Å². The van der Waals surface area contributed by atoms with E-state index in [1.54, 1.807) is 0 Å². The first kappa shape index (κ1) is 16.2. The minimum absolute atomic E-state index is 0.147. The Hall–Kier alpha value is -0.650. The summed E-state index contributed by atoms with van der Waals surface area (Å²) in [7, 11) is 0. The van der Waals surface area contributed by atoms with Gasteiger partial charge in [-0.25, -0.2) is 0 Å². The molecule has 0 saturated carbocycles.